The number of nitrogens with two attached hydrogens (primary N) is 1. The molecule has 0 unspecified atom stereocenters. The van der Waals surface area contributed by atoms with Gasteiger partial charge in [0.25, 0.3) is 5.91 Å². The Morgan fingerprint density at radius 1 is 1.33 bits per heavy atom. The minimum absolute atomic E-state index is 0.0532. The summed E-state index contributed by atoms with van der Waals surface area (Å²) in [6.07, 6.45) is 0. The van der Waals surface area contributed by atoms with Crippen LogP contribution in [0.3, 0.4) is 0 Å². The molecule has 0 saturated carbocycles. The summed E-state index contributed by atoms with van der Waals surface area (Å²) in [7, 11) is 1.74. The number of carbonyl (C=O) groups excluding carboxylic acids is 1. The van der Waals surface area contributed by atoms with E-state index in [9.17, 15) is 9.59 Å². The van der Waals surface area contributed by atoms with Gasteiger partial charge < -0.3 is 16.2 Å². The fraction of sp³-hybridized carbons (Fsp3) is 0.214. The lowest BCUT2D eigenvalue weighted by atomic mass is 10.1. The van der Waals surface area contributed by atoms with Crippen molar-refractivity contribution in [3.05, 3.63) is 40.7 Å². The van der Waals surface area contributed by atoms with Gasteiger partial charge in [0, 0.05) is 18.4 Å². The van der Waals surface area contributed by atoms with Crippen LogP contribution >= 0.6 is 0 Å². The van der Waals surface area contributed by atoms with Crippen molar-refractivity contribution in [3.8, 4) is 0 Å². The van der Waals surface area contributed by atoms with Crippen molar-refractivity contribution in [2.24, 2.45) is 7.05 Å². The molecule has 0 spiro atoms. The number of hydrogen-bond acceptors (Lipinski definition) is 4. The fourth-order valence-electron chi connectivity index (χ4n) is 2.13. The summed E-state index contributed by atoms with van der Waals surface area (Å²) < 4.78 is 1.60. The Balaban J connectivity index is 2.38. The first kappa shape index (κ1) is 14.6. The van der Waals surface area contributed by atoms with Crippen LogP contribution in [-0.2, 0) is 7.05 Å². The summed E-state index contributed by atoms with van der Waals surface area (Å²) in [5.41, 5.74) is 7.76. The molecule has 2 rings (SSSR count). The maximum absolute atomic E-state index is 12.3. The molecule has 0 aliphatic rings. The van der Waals surface area contributed by atoms with Gasteiger partial charge in [0.2, 0.25) is 0 Å². The van der Waals surface area contributed by atoms with E-state index in [1.165, 1.54) is 18.2 Å². The van der Waals surface area contributed by atoms with Gasteiger partial charge in [-0.1, -0.05) is 0 Å². The largest absolute Gasteiger partial charge is 0.478 e. The molecule has 1 amide bonds. The SMILES string of the molecule is Cc1nn(C)c(C)c1C(=O)Nc1ccc(N)cc1C(=O)O. The molecule has 21 heavy (non-hydrogen) atoms. The number of rotatable bonds is 3. The number of nitrogens with one attached hydrogen (secondary N) is 1. The summed E-state index contributed by atoms with van der Waals surface area (Å²) in [6.45, 7) is 3.50. The summed E-state index contributed by atoms with van der Waals surface area (Å²) in [5.74, 6) is -1.55. The molecule has 1 aromatic heterocycles. The maximum atomic E-state index is 12.3. The Bertz CT molecular complexity index is 734. The van der Waals surface area contributed by atoms with Gasteiger partial charge in [-0.15, -0.1) is 0 Å². The molecule has 0 radical (unpaired) electrons. The maximum Gasteiger partial charge on any atom is 0.337 e. The van der Waals surface area contributed by atoms with E-state index in [4.69, 9.17) is 10.8 Å². The van der Waals surface area contributed by atoms with Crippen molar-refractivity contribution < 1.29 is 14.7 Å². The Morgan fingerprint density at radius 2 is 2.00 bits per heavy atom. The highest BCUT2D eigenvalue weighted by atomic mass is 16.4. The lowest BCUT2D eigenvalue weighted by molar-refractivity contribution is 0.0698. The van der Waals surface area contributed by atoms with Crippen LogP contribution in [0.2, 0.25) is 0 Å². The van der Waals surface area contributed by atoms with Crippen LogP contribution in [0.15, 0.2) is 18.2 Å². The van der Waals surface area contributed by atoms with Gasteiger partial charge in [0.1, 0.15) is 0 Å². The van der Waals surface area contributed by atoms with Crippen molar-refractivity contribution in [1.29, 1.82) is 0 Å². The number of aromatic nitrogens is 2. The molecule has 110 valence electrons. The Morgan fingerprint density at radius 3 is 2.52 bits per heavy atom. The van der Waals surface area contributed by atoms with Crippen molar-refractivity contribution in [2.75, 3.05) is 11.1 Å². The second kappa shape index (κ2) is 5.28. The standard InChI is InChI=1S/C14H16N4O3/c1-7-12(8(2)18(3)17-7)13(19)16-11-5-4-9(15)6-10(11)14(20)21/h4-6H,15H2,1-3H3,(H,16,19)(H,20,21). The van der Waals surface area contributed by atoms with Crippen LogP contribution in [0.4, 0.5) is 11.4 Å². The smallest absolute Gasteiger partial charge is 0.337 e. The highest BCUT2D eigenvalue weighted by molar-refractivity contribution is 6.09. The molecule has 4 N–H and O–H groups in total. The third-order valence-electron chi connectivity index (χ3n) is 3.26. The molecule has 1 aromatic carbocycles. The highest BCUT2D eigenvalue weighted by Crippen LogP contribution is 2.21. The summed E-state index contributed by atoms with van der Waals surface area (Å²) in [4.78, 5) is 23.5. The van der Waals surface area contributed by atoms with E-state index in [1.807, 2.05) is 0 Å². The molecule has 0 saturated heterocycles. The number of aromatic carboxylic acids is 1. The van der Waals surface area contributed by atoms with E-state index in [0.717, 1.165) is 0 Å². The number of hydrogen-bond donors (Lipinski definition) is 3. The van der Waals surface area contributed by atoms with Crippen LogP contribution in [-0.4, -0.2) is 26.8 Å². The molecule has 7 nitrogen and oxygen atoms in total. The first-order chi connectivity index (χ1) is 9.81. The molecule has 1 heterocycles. The van der Waals surface area contributed by atoms with E-state index in [2.05, 4.69) is 10.4 Å². The topological polar surface area (TPSA) is 110 Å². The number of benzene rings is 1. The predicted molar refractivity (Wildman–Crippen MR) is 78.4 cm³/mol. The summed E-state index contributed by atoms with van der Waals surface area (Å²) >= 11 is 0. The number of carboxylic acid groups (broad SMARTS) is 1. The number of carbonyl (C=O) groups is 2. The fourth-order valence-corrected chi connectivity index (χ4v) is 2.13. The van der Waals surface area contributed by atoms with Crippen molar-refractivity contribution in [1.82, 2.24) is 9.78 Å². The zero-order valence-electron chi connectivity index (χ0n) is 12.0. The first-order valence-electron chi connectivity index (χ1n) is 6.25. The Labute approximate surface area is 121 Å². The number of nitrogens with zero attached hydrogens (tertiary/aromatic N) is 2. The quantitative estimate of drug-likeness (QED) is 0.742. The lowest BCUT2D eigenvalue weighted by Gasteiger charge is -2.09. The van der Waals surface area contributed by atoms with Gasteiger partial charge in [-0.3, -0.25) is 9.48 Å². The van der Waals surface area contributed by atoms with E-state index in [1.54, 1.807) is 25.6 Å². The molecular weight excluding hydrogens is 272 g/mol. The van der Waals surface area contributed by atoms with Crippen molar-refractivity contribution in [2.45, 2.75) is 13.8 Å². The third kappa shape index (κ3) is 2.71. The molecule has 0 aliphatic heterocycles. The highest BCUT2D eigenvalue weighted by Gasteiger charge is 2.19. The summed E-state index contributed by atoms with van der Waals surface area (Å²) in [6, 6.07) is 4.31. The van der Waals surface area contributed by atoms with Crippen LogP contribution in [0.25, 0.3) is 0 Å². The number of carboxylic acids is 1. The van der Waals surface area contributed by atoms with E-state index >= 15 is 0 Å². The predicted octanol–water partition coefficient (Wildman–Crippen LogP) is 1.57. The minimum Gasteiger partial charge on any atom is -0.478 e. The molecule has 0 atom stereocenters. The van der Waals surface area contributed by atoms with Gasteiger partial charge in [-0.2, -0.15) is 5.10 Å². The van der Waals surface area contributed by atoms with E-state index < -0.39 is 11.9 Å². The van der Waals surface area contributed by atoms with Crippen LogP contribution in [0.1, 0.15) is 32.1 Å². The average Bonchev–Trinajstić information content (AvgIpc) is 2.65. The van der Waals surface area contributed by atoms with Crippen LogP contribution in [0.5, 0.6) is 0 Å². The van der Waals surface area contributed by atoms with Crippen molar-refractivity contribution >= 4 is 23.3 Å². The molecule has 0 fully saturated rings. The molecule has 7 heteroatoms. The Hall–Kier alpha value is -2.83. The number of amides is 1. The van der Waals surface area contributed by atoms with Gasteiger partial charge in [0.15, 0.2) is 0 Å². The molecule has 2 aromatic rings. The van der Waals surface area contributed by atoms with Gasteiger partial charge >= 0.3 is 5.97 Å². The van der Waals surface area contributed by atoms with Gasteiger partial charge in [-0.25, -0.2) is 4.79 Å². The molecule has 0 bridgehead atoms. The van der Waals surface area contributed by atoms with Gasteiger partial charge in [0.05, 0.1) is 22.5 Å². The average molecular weight is 288 g/mol. The molecular formula is C14H16N4O3. The normalized spacial score (nSPS) is 10.4. The van der Waals surface area contributed by atoms with Crippen LogP contribution < -0.4 is 11.1 Å². The van der Waals surface area contributed by atoms with Crippen molar-refractivity contribution in [3.63, 3.8) is 0 Å². The zero-order valence-corrected chi connectivity index (χ0v) is 12.0. The zero-order chi connectivity index (χ0) is 15.7. The first-order valence-corrected chi connectivity index (χ1v) is 6.25. The second-order valence-electron chi connectivity index (χ2n) is 4.73. The lowest BCUT2D eigenvalue weighted by Crippen LogP contribution is -2.16. The molecule has 0 aliphatic carbocycles. The van der Waals surface area contributed by atoms with Gasteiger partial charge in [-0.05, 0) is 32.0 Å². The second-order valence-corrected chi connectivity index (χ2v) is 4.73. The minimum atomic E-state index is -1.16. The monoisotopic (exact) mass is 288 g/mol. The van der Waals surface area contributed by atoms with Crippen LogP contribution in [0, 0.1) is 13.8 Å². The van der Waals surface area contributed by atoms with E-state index in [0.29, 0.717) is 22.6 Å². The number of nitrogen functional groups attached to an aromatic ring is 1. The Kier molecular flexibility index (Phi) is 3.66. The number of aryl methyl sites for hydroxylation is 2. The number of anilines is 2. The third-order valence-corrected chi connectivity index (χ3v) is 3.26. The summed E-state index contributed by atoms with van der Waals surface area (Å²) in [5, 5.41) is 15.9. The van der Waals surface area contributed by atoms with E-state index in [-0.39, 0.29) is 11.3 Å².